The highest BCUT2D eigenvalue weighted by Crippen LogP contribution is 2.26. The highest BCUT2D eigenvalue weighted by molar-refractivity contribution is 6.31. The van der Waals surface area contributed by atoms with E-state index in [0.29, 0.717) is 39.8 Å². The SMILES string of the molecule is Cc1ccc(-n2c(C(C)N(Cc3ccco3)C(=O)COCc3ccccc3)nc3cc(Cl)ccc3c2=O)cc1. The number of benzene rings is 3. The van der Waals surface area contributed by atoms with Gasteiger partial charge in [0.15, 0.2) is 0 Å². The minimum atomic E-state index is -0.611. The minimum Gasteiger partial charge on any atom is -0.467 e. The van der Waals surface area contributed by atoms with Gasteiger partial charge in [0, 0.05) is 5.02 Å². The summed E-state index contributed by atoms with van der Waals surface area (Å²) in [6.45, 7) is 4.17. The van der Waals surface area contributed by atoms with Crippen molar-refractivity contribution in [3.8, 4) is 5.69 Å². The van der Waals surface area contributed by atoms with Crippen LogP contribution in [0.15, 0.2) is 100 Å². The standard InChI is InChI=1S/C31H28ClN3O4/c1-21-10-13-25(14-11-21)35-30(33-28-17-24(32)12-15-27(28)31(35)37)22(2)34(18-26-9-6-16-39-26)29(36)20-38-19-23-7-4-3-5-8-23/h3-17,22H,18-20H2,1-2H3. The molecule has 0 aliphatic rings. The fourth-order valence-corrected chi connectivity index (χ4v) is 4.63. The van der Waals surface area contributed by atoms with E-state index in [1.165, 1.54) is 0 Å². The van der Waals surface area contributed by atoms with Crippen molar-refractivity contribution >= 4 is 28.4 Å². The number of carbonyl (C=O) groups is 1. The van der Waals surface area contributed by atoms with Gasteiger partial charge in [-0.2, -0.15) is 0 Å². The summed E-state index contributed by atoms with van der Waals surface area (Å²) in [6, 6.07) is 25.3. The fourth-order valence-electron chi connectivity index (χ4n) is 4.46. The first kappa shape index (κ1) is 26.4. The summed E-state index contributed by atoms with van der Waals surface area (Å²) < 4.78 is 12.9. The van der Waals surface area contributed by atoms with Gasteiger partial charge in [0.05, 0.1) is 42.0 Å². The zero-order valence-electron chi connectivity index (χ0n) is 21.7. The molecular formula is C31H28ClN3O4. The van der Waals surface area contributed by atoms with Gasteiger partial charge in [-0.25, -0.2) is 4.98 Å². The molecule has 1 unspecified atom stereocenters. The van der Waals surface area contributed by atoms with Gasteiger partial charge in [-0.15, -0.1) is 0 Å². The normalized spacial score (nSPS) is 12.0. The number of ether oxygens (including phenoxy) is 1. The van der Waals surface area contributed by atoms with Gasteiger partial charge in [-0.05, 0) is 61.9 Å². The Morgan fingerprint density at radius 2 is 1.82 bits per heavy atom. The van der Waals surface area contributed by atoms with E-state index in [1.54, 1.807) is 46.1 Å². The number of hydrogen-bond acceptors (Lipinski definition) is 5. The Balaban J connectivity index is 1.55. The summed E-state index contributed by atoms with van der Waals surface area (Å²) in [5, 5.41) is 0.907. The lowest BCUT2D eigenvalue weighted by Crippen LogP contribution is -2.38. The molecule has 0 aliphatic carbocycles. The Bertz CT molecular complexity index is 1630. The van der Waals surface area contributed by atoms with Crippen LogP contribution in [0.3, 0.4) is 0 Å². The number of hydrogen-bond donors (Lipinski definition) is 0. The highest BCUT2D eigenvalue weighted by Gasteiger charge is 2.28. The van der Waals surface area contributed by atoms with E-state index in [2.05, 4.69) is 0 Å². The molecule has 0 N–H and O–H groups in total. The lowest BCUT2D eigenvalue weighted by Gasteiger charge is -2.30. The zero-order valence-corrected chi connectivity index (χ0v) is 22.5. The lowest BCUT2D eigenvalue weighted by atomic mass is 10.1. The van der Waals surface area contributed by atoms with Crippen LogP contribution in [0.25, 0.3) is 16.6 Å². The molecule has 0 saturated heterocycles. The number of carbonyl (C=O) groups excluding carboxylic acids is 1. The van der Waals surface area contributed by atoms with Crippen LogP contribution in [0.2, 0.25) is 5.02 Å². The number of nitrogens with zero attached hydrogens (tertiary/aromatic N) is 3. The van der Waals surface area contributed by atoms with Crippen LogP contribution in [0, 0.1) is 6.92 Å². The molecule has 7 nitrogen and oxygen atoms in total. The second kappa shape index (κ2) is 11.7. The maximum absolute atomic E-state index is 13.8. The number of aromatic nitrogens is 2. The molecule has 1 atom stereocenters. The van der Waals surface area contributed by atoms with Gasteiger partial charge in [-0.1, -0.05) is 59.6 Å². The van der Waals surface area contributed by atoms with Crippen LogP contribution in [-0.4, -0.2) is 27.0 Å². The van der Waals surface area contributed by atoms with Crippen molar-refractivity contribution in [3.63, 3.8) is 0 Å². The first-order chi connectivity index (χ1) is 18.9. The topological polar surface area (TPSA) is 77.6 Å². The Labute approximate surface area is 231 Å². The highest BCUT2D eigenvalue weighted by atomic mass is 35.5. The van der Waals surface area contributed by atoms with Crippen LogP contribution in [0.5, 0.6) is 0 Å². The number of rotatable bonds is 9. The van der Waals surface area contributed by atoms with Gasteiger partial charge >= 0.3 is 0 Å². The quantitative estimate of drug-likeness (QED) is 0.220. The summed E-state index contributed by atoms with van der Waals surface area (Å²) in [5.41, 5.74) is 2.91. The van der Waals surface area contributed by atoms with Crippen LogP contribution in [-0.2, 0) is 22.7 Å². The van der Waals surface area contributed by atoms with E-state index in [0.717, 1.165) is 11.1 Å². The van der Waals surface area contributed by atoms with Crippen LogP contribution < -0.4 is 5.56 Å². The van der Waals surface area contributed by atoms with E-state index in [-0.39, 0.29) is 24.6 Å². The van der Waals surface area contributed by atoms with Crippen molar-refractivity contribution in [1.29, 1.82) is 0 Å². The Morgan fingerprint density at radius 3 is 2.54 bits per heavy atom. The smallest absolute Gasteiger partial charge is 0.266 e. The Kier molecular flexibility index (Phi) is 7.91. The maximum atomic E-state index is 13.8. The predicted molar refractivity (Wildman–Crippen MR) is 151 cm³/mol. The van der Waals surface area contributed by atoms with Crippen molar-refractivity contribution in [3.05, 3.63) is 129 Å². The molecule has 1 amide bonds. The van der Waals surface area contributed by atoms with Crippen molar-refractivity contribution in [1.82, 2.24) is 14.5 Å². The number of furan rings is 1. The number of fused-ring (bicyclic) bond motifs is 1. The summed E-state index contributed by atoms with van der Waals surface area (Å²) in [7, 11) is 0. The monoisotopic (exact) mass is 541 g/mol. The van der Waals surface area contributed by atoms with Crippen molar-refractivity contribution in [2.45, 2.75) is 33.0 Å². The van der Waals surface area contributed by atoms with Gasteiger partial charge in [0.1, 0.15) is 18.2 Å². The summed E-state index contributed by atoms with van der Waals surface area (Å²) in [5.74, 6) is 0.749. The number of halogens is 1. The lowest BCUT2D eigenvalue weighted by molar-refractivity contribution is -0.140. The Morgan fingerprint density at radius 1 is 1.05 bits per heavy atom. The van der Waals surface area contributed by atoms with Gasteiger partial charge < -0.3 is 14.1 Å². The molecule has 0 bridgehead atoms. The average Bonchev–Trinajstić information content (AvgIpc) is 3.46. The average molecular weight is 542 g/mol. The minimum absolute atomic E-state index is 0.145. The molecule has 0 aliphatic heterocycles. The summed E-state index contributed by atoms with van der Waals surface area (Å²) in [4.78, 5) is 33.9. The molecule has 2 heterocycles. The third-order valence-corrected chi connectivity index (χ3v) is 6.79. The van der Waals surface area contributed by atoms with Crippen LogP contribution in [0.1, 0.15) is 35.7 Å². The fraction of sp³-hybridized carbons (Fsp3) is 0.194. The zero-order chi connectivity index (χ0) is 27.4. The molecule has 5 aromatic rings. The molecule has 5 rings (SSSR count). The predicted octanol–water partition coefficient (Wildman–Crippen LogP) is 6.25. The van der Waals surface area contributed by atoms with E-state index >= 15 is 0 Å². The molecule has 0 spiro atoms. The largest absolute Gasteiger partial charge is 0.467 e. The third kappa shape index (κ3) is 5.95. The molecule has 2 aromatic heterocycles. The molecule has 3 aromatic carbocycles. The molecule has 8 heteroatoms. The van der Waals surface area contributed by atoms with Gasteiger partial charge in [0.25, 0.3) is 5.56 Å². The molecule has 0 saturated carbocycles. The van der Waals surface area contributed by atoms with Gasteiger partial charge in [-0.3, -0.25) is 14.2 Å². The van der Waals surface area contributed by atoms with Crippen LogP contribution >= 0.6 is 11.6 Å². The molecule has 0 fully saturated rings. The van der Waals surface area contributed by atoms with E-state index < -0.39 is 6.04 Å². The first-order valence-electron chi connectivity index (χ1n) is 12.6. The third-order valence-electron chi connectivity index (χ3n) is 6.55. The molecule has 39 heavy (non-hydrogen) atoms. The molecule has 198 valence electrons. The first-order valence-corrected chi connectivity index (χ1v) is 13.0. The molecular weight excluding hydrogens is 514 g/mol. The Hall–Kier alpha value is -4.20. The van der Waals surface area contributed by atoms with Crippen LogP contribution in [0.4, 0.5) is 0 Å². The van der Waals surface area contributed by atoms with Gasteiger partial charge in [0.2, 0.25) is 5.91 Å². The van der Waals surface area contributed by atoms with Crippen molar-refractivity contribution in [2.24, 2.45) is 0 Å². The maximum Gasteiger partial charge on any atom is 0.266 e. The number of aryl methyl sites for hydroxylation is 1. The summed E-state index contributed by atoms with van der Waals surface area (Å²) in [6.07, 6.45) is 1.56. The number of amides is 1. The van der Waals surface area contributed by atoms with E-state index in [4.69, 9.17) is 25.7 Å². The second-order valence-corrected chi connectivity index (χ2v) is 9.80. The van der Waals surface area contributed by atoms with E-state index in [9.17, 15) is 9.59 Å². The van der Waals surface area contributed by atoms with Crippen molar-refractivity contribution in [2.75, 3.05) is 6.61 Å². The molecule has 0 radical (unpaired) electrons. The van der Waals surface area contributed by atoms with Crippen molar-refractivity contribution < 1.29 is 13.9 Å². The van der Waals surface area contributed by atoms with E-state index in [1.807, 2.05) is 68.4 Å². The summed E-state index contributed by atoms with van der Waals surface area (Å²) >= 11 is 6.25. The second-order valence-electron chi connectivity index (χ2n) is 9.36.